The van der Waals surface area contributed by atoms with Crippen molar-refractivity contribution in [1.29, 1.82) is 0 Å². The fourth-order valence-corrected chi connectivity index (χ4v) is 2.48. The Morgan fingerprint density at radius 2 is 2.00 bits per heavy atom. The fourth-order valence-electron chi connectivity index (χ4n) is 2.14. The minimum atomic E-state index is 0.457. The van der Waals surface area contributed by atoms with Gasteiger partial charge in [0.25, 0.3) is 0 Å². The van der Waals surface area contributed by atoms with Gasteiger partial charge in [-0.3, -0.25) is 0 Å². The molecular formula is C16H20BrN3O. The van der Waals surface area contributed by atoms with Crippen molar-refractivity contribution >= 4 is 21.7 Å². The molecule has 0 saturated carbocycles. The highest BCUT2D eigenvalue weighted by Gasteiger charge is 2.15. The Balaban J connectivity index is 2.56. The first-order valence-corrected chi connectivity index (χ1v) is 7.68. The Hall–Kier alpha value is -1.62. The van der Waals surface area contributed by atoms with Crippen LogP contribution in [0.25, 0.3) is 11.4 Å². The molecule has 2 N–H and O–H groups in total. The highest BCUT2D eigenvalue weighted by atomic mass is 79.9. The van der Waals surface area contributed by atoms with E-state index < -0.39 is 0 Å². The Labute approximate surface area is 133 Å². The van der Waals surface area contributed by atoms with Crippen molar-refractivity contribution in [3.05, 3.63) is 33.9 Å². The summed E-state index contributed by atoms with van der Waals surface area (Å²) in [4.78, 5) is 9.05. The molecule has 0 aliphatic carbocycles. The van der Waals surface area contributed by atoms with Crippen LogP contribution in [0.15, 0.2) is 22.7 Å². The normalized spacial score (nSPS) is 11.0. The van der Waals surface area contributed by atoms with Crippen molar-refractivity contribution in [1.82, 2.24) is 9.97 Å². The monoisotopic (exact) mass is 349 g/mol. The van der Waals surface area contributed by atoms with Crippen LogP contribution in [-0.2, 0) is 6.42 Å². The van der Waals surface area contributed by atoms with E-state index in [-0.39, 0.29) is 0 Å². The first kappa shape index (κ1) is 15.8. The molecule has 0 unspecified atom stereocenters. The van der Waals surface area contributed by atoms with Gasteiger partial charge in [0.1, 0.15) is 11.6 Å². The highest BCUT2D eigenvalue weighted by Crippen LogP contribution is 2.32. The highest BCUT2D eigenvalue weighted by molar-refractivity contribution is 9.10. The fraction of sp³-hybridized carbons (Fsp3) is 0.375. The number of aryl methyl sites for hydroxylation is 1. The van der Waals surface area contributed by atoms with Crippen LogP contribution in [0.4, 0.5) is 5.82 Å². The van der Waals surface area contributed by atoms with Gasteiger partial charge in [-0.25, -0.2) is 9.97 Å². The SMILES string of the molecule is COc1cc(C)ccc1-c1nc(N)c(Br)c(CC(C)C)n1. The van der Waals surface area contributed by atoms with Crippen molar-refractivity contribution in [2.45, 2.75) is 27.2 Å². The predicted octanol–water partition coefficient (Wildman–Crippen LogP) is 4.00. The van der Waals surface area contributed by atoms with Crippen molar-refractivity contribution in [2.24, 2.45) is 5.92 Å². The number of aromatic nitrogens is 2. The molecule has 4 nitrogen and oxygen atoms in total. The zero-order valence-electron chi connectivity index (χ0n) is 12.8. The molecule has 112 valence electrons. The van der Waals surface area contributed by atoms with Crippen LogP contribution in [0.3, 0.4) is 0 Å². The molecule has 0 aliphatic heterocycles. The van der Waals surface area contributed by atoms with E-state index in [4.69, 9.17) is 10.5 Å². The van der Waals surface area contributed by atoms with Gasteiger partial charge in [0, 0.05) is 0 Å². The van der Waals surface area contributed by atoms with Gasteiger partial charge in [0.2, 0.25) is 0 Å². The van der Waals surface area contributed by atoms with E-state index in [0.29, 0.717) is 17.6 Å². The lowest BCUT2D eigenvalue weighted by atomic mass is 10.1. The number of hydrogen-bond acceptors (Lipinski definition) is 4. The average Bonchev–Trinajstić information content (AvgIpc) is 2.43. The Morgan fingerprint density at radius 3 is 2.62 bits per heavy atom. The number of benzene rings is 1. The topological polar surface area (TPSA) is 61.0 Å². The number of nitrogens with two attached hydrogens (primary N) is 1. The molecule has 0 saturated heterocycles. The van der Waals surface area contributed by atoms with Gasteiger partial charge < -0.3 is 10.5 Å². The largest absolute Gasteiger partial charge is 0.496 e. The van der Waals surface area contributed by atoms with E-state index in [1.54, 1.807) is 7.11 Å². The van der Waals surface area contributed by atoms with Gasteiger partial charge in [-0.15, -0.1) is 0 Å². The molecule has 2 aromatic rings. The summed E-state index contributed by atoms with van der Waals surface area (Å²) in [6, 6.07) is 5.95. The number of rotatable bonds is 4. The summed E-state index contributed by atoms with van der Waals surface area (Å²) in [5.41, 5.74) is 8.93. The van der Waals surface area contributed by atoms with Crippen LogP contribution in [-0.4, -0.2) is 17.1 Å². The zero-order valence-corrected chi connectivity index (χ0v) is 14.4. The predicted molar refractivity (Wildman–Crippen MR) is 89.4 cm³/mol. The van der Waals surface area contributed by atoms with Gasteiger partial charge in [-0.05, 0) is 52.9 Å². The van der Waals surface area contributed by atoms with Crippen molar-refractivity contribution in [3.8, 4) is 17.1 Å². The van der Waals surface area contributed by atoms with E-state index in [1.165, 1.54) is 0 Å². The zero-order chi connectivity index (χ0) is 15.6. The minimum absolute atomic E-state index is 0.457. The molecule has 0 spiro atoms. The lowest BCUT2D eigenvalue weighted by Gasteiger charge is -2.13. The summed E-state index contributed by atoms with van der Waals surface area (Å²) >= 11 is 3.48. The number of halogens is 1. The smallest absolute Gasteiger partial charge is 0.165 e. The van der Waals surface area contributed by atoms with E-state index in [1.807, 2.05) is 25.1 Å². The maximum Gasteiger partial charge on any atom is 0.165 e. The molecule has 0 aliphatic rings. The molecule has 2 rings (SSSR count). The van der Waals surface area contributed by atoms with Crippen LogP contribution in [0.5, 0.6) is 5.75 Å². The molecule has 1 aromatic carbocycles. The number of anilines is 1. The van der Waals surface area contributed by atoms with Gasteiger partial charge in [0.05, 0.1) is 22.8 Å². The molecule has 1 heterocycles. The molecule has 5 heteroatoms. The maximum absolute atomic E-state index is 6.02. The number of ether oxygens (including phenoxy) is 1. The lowest BCUT2D eigenvalue weighted by Crippen LogP contribution is -2.06. The van der Waals surface area contributed by atoms with E-state index >= 15 is 0 Å². The van der Waals surface area contributed by atoms with E-state index in [9.17, 15) is 0 Å². The molecule has 0 radical (unpaired) electrons. The summed E-state index contributed by atoms with van der Waals surface area (Å²) in [5, 5.41) is 0. The van der Waals surface area contributed by atoms with Gasteiger partial charge in [-0.1, -0.05) is 19.9 Å². The van der Waals surface area contributed by atoms with Crippen molar-refractivity contribution < 1.29 is 4.74 Å². The van der Waals surface area contributed by atoms with Crippen LogP contribution < -0.4 is 10.5 Å². The van der Waals surface area contributed by atoms with Crippen LogP contribution in [0, 0.1) is 12.8 Å². The van der Waals surface area contributed by atoms with E-state index in [2.05, 4.69) is 39.7 Å². The third-order valence-corrected chi connectivity index (χ3v) is 4.01. The Bertz CT molecular complexity index is 656. The summed E-state index contributed by atoms with van der Waals surface area (Å²) in [6.07, 6.45) is 0.842. The summed E-state index contributed by atoms with van der Waals surface area (Å²) in [7, 11) is 1.65. The lowest BCUT2D eigenvalue weighted by molar-refractivity contribution is 0.416. The van der Waals surface area contributed by atoms with Crippen molar-refractivity contribution in [2.75, 3.05) is 12.8 Å². The quantitative estimate of drug-likeness (QED) is 0.905. The Morgan fingerprint density at radius 1 is 1.29 bits per heavy atom. The van der Waals surface area contributed by atoms with Crippen LogP contribution >= 0.6 is 15.9 Å². The summed E-state index contributed by atoms with van der Waals surface area (Å²) < 4.78 is 6.22. The molecule has 0 amide bonds. The number of hydrogen-bond donors (Lipinski definition) is 1. The van der Waals surface area contributed by atoms with Gasteiger partial charge in [-0.2, -0.15) is 0 Å². The number of methoxy groups -OCH3 is 1. The number of nitrogen functional groups attached to an aromatic ring is 1. The maximum atomic E-state index is 6.02. The average molecular weight is 350 g/mol. The third-order valence-electron chi connectivity index (χ3n) is 3.14. The van der Waals surface area contributed by atoms with Crippen LogP contribution in [0.2, 0.25) is 0 Å². The van der Waals surface area contributed by atoms with Gasteiger partial charge >= 0.3 is 0 Å². The summed E-state index contributed by atoms with van der Waals surface area (Å²) in [6.45, 7) is 6.32. The second-order valence-electron chi connectivity index (χ2n) is 5.49. The Kier molecular flexibility index (Phi) is 4.83. The minimum Gasteiger partial charge on any atom is -0.496 e. The summed E-state index contributed by atoms with van der Waals surface area (Å²) in [5.74, 6) is 2.30. The van der Waals surface area contributed by atoms with Crippen LogP contribution in [0.1, 0.15) is 25.1 Å². The van der Waals surface area contributed by atoms with Gasteiger partial charge in [0.15, 0.2) is 5.82 Å². The first-order chi connectivity index (χ1) is 9.92. The second kappa shape index (κ2) is 6.43. The molecule has 0 bridgehead atoms. The second-order valence-corrected chi connectivity index (χ2v) is 6.29. The molecule has 0 fully saturated rings. The number of nitrogens with zero attached hydrogens (tertiary/aromatic N) is 2. The molecular weight excluding hydrogens is 330 g/mol. The standard InChI is InChI=1S/C16H20BrN3O/c1-9(2)7-12-14(17)15(18)20-16(19-12)11-6-5-10(3)8-13(11)21-4/h5-6,8-9H,7H2,1-4H3,(H2,18,19,20). The molecule has 21 heavy (non-hydrogen) atoms. The third kappa shape index (κ3) is 3.53. The van der Waals surface area contributed by atoms with E-state index in [0.717, 1.165) is 33.5 Å². The first-order valence-electron chi connectivity index (χ1n) is 6.89. The van der Waals surface area contributed by atoms with Crippen molar-refractivity contribution in [3.63, 3.8) is 0 Å². The molecule has 1 aromatic heterocycles. The molecule has 0 atom stereocenters.